The molecule has 1 amide bonds. The second-order valence-corrected chi connectivity index (χ2v) is 10.2. The topological polar surface area (TPSA) is 75.7 Å². The summed E-state index contributed by atoms with van der Waals surface area (Å²) in [4.78, 5) is 12.9. The molecule has 0 radical (unpaired) electrons. The average molecular weight is 507 g/mol. The minimum atomic E-state index is -4.00. The van der Waals surface area contributed by atoms with Crippen molar-refractivity contribution in [1.29, 1.82) is 0 Å². The maximum absolute atomic E-state index is 13.4. The Kier molecular flexibility index (Phi) is 8.37. The first kappa shape index (κ1) is 25.1. The van der Waals surface area contributed by atoms with E-state index in [2.05, 4.69) is 5.32 Å². The summed E-state index contributed by atoms with van der Waals surface area (Å²) in [6.45, 7) is 1.39. The Morgan fingerprint density at radius 2 is 1.64 bits per heavy atom. The zero-order chi connectivity index (χ0) is 24.0. The van der Waals surface area contributed by atoms with Crippen molar-refractivity contribution in [1.82, 2.24) is 9.62 Å². The number of carbonyl (C=O) groups is 1. The van der Waals surface area contributed by atoms with Crippen LogP contribution in [0, 0.1) is 0 Å². The lowest BCUT2D eigenvalue weighted by molar-refractivity contribution is -0.122. The molecule has 0 aromatic heterocycles. The van der Waals surface area contributed by atoms with Gasteiger partial charge in [0.05, 0.1) is 24.6 Å². The Hall–Kier alpha value is -2.58. The van der Waals surface area contributed by atoms with E-state index in [9.17, 15) is 13.2 Å². The summed E-state index contributed by atoms with van der Waals surface area (Å²) >= 11 is 12.2. The molecule has 6 nitrogen and oxygen atoms in total. The van der Waals surface area contributed by atoms with Crippen molar-refractivity contribution in [3.05, 3.63) is 94.0 Å². The number of nitrogens with zero attached hydrogens (tertiary/aromatic N) is 1. The number of sulfonamides is 1. The number of carbonyl (C=O) groups excluding carboxylic acids is 1. The van der Waals surface area contributed by atoms with E-state index in [1.807, 2.05) is 19.1 Å². The first-order chi connectivity index (χ1) is 15.7. The van der Waals surface area contributed by atoms with Crippen molar-refractivity contribution in [2.24, 2.45) is 0 Å². The van der Waals surface area contributed by atoms with Crippen LogP contribution in [0.1, 0.15) is 24.1 Å². The largest absolute Gasteiger partial charge is 0.497 e. The summed E-state index contributed by atoms with van der Waals surface area (Å²) in [6, 6.07) is 19.7. The van der Waals surface area contributed by atoms with Gasteiger partial charge in [0, 0.05) is 16.6 Å². The lowest BCUT2D eigenvalue weighted by Gasteiger charge is -2.24. The van der Waals surface area contributed by atoms with Gasteiger partial charge < -0.3 is 10.1 Å². The molecule has 0 saturated heterocycles. The highest BCUT2D eigenvalue weighted by Crippen LogP contribution is 2.24. The van der Waals surface area contributed by atoms with Crippen LogP contribution in [0.15, 0.2) is 77.7 Å². The van der Waals surface area contributed by atoms with Crippen LogP contribution in [-0.4, -0.2) is 32.3 Å². The number of methoxy groups -OCH3 is 1. The fourth-order valence-electron chi connectivity index (χ4n) is 3.22. The van der Waals surface area contributed by atoms with Crippen LogP contribution in [0.25, 0.3) is 0 Å². The lowest BCUT2D eigenvalue weighted by Crippen LogP contribution is -2.41. The fraction of sp³-hybridized carbons (Fsp3) is 0.208. The number of rotatable bonds is 9. The molecule has 0 spiro atoms. The molecule has 3 rings (SSSR count). The van der Waals surface area contributed by atoms with E-state index < -0.39 is 15.9 Å². The minimum Gasteiger partial charge on any atom is -0.497 e. The molecule has 3 aromatic carbocycles. The van der Waals surface area contributed by atoms with E-state index >= 15 is 0 Å². The van der Waals surface area contributed by atoms with Gasteiger partial charge in [-0.2, -0.15) is 4.31 Å². The highest BCUT2D eigenvalue weighted by molar-refractivity contribution is 7.89. The third kappa shape index (κ3) is 6.48. The number of nitrogens with one attached hydrogen (secondary N) is 1. The molecule has 9 heteroatoms. The standard InChI is InChI=1S/C24H24Cl2N2O4S/c1-17(18-7-11-21(32-2)12-8-18)27-24(29)16-28(15-19-5-3-4-6-23(19)26)33(30,31)22-13-9-20(25)10-14-22/h3-14,17H,15-16H2,1-2H3,(H,27,29)/t17-/m0/s1. The van der Waals surface area contributed by atoms with Gasteiger partial charge in [-0.15, -0.1) is 0 Å². The SMILES string of the molecule is COc1ccc([C@H](C)NC(=O)CN(Cc2ccccc2Cl)S(=O)(=O)c2ccc(Cl)cc2)cc1. The molecule has 3 aromatic rings. The molecule has 0 bridgehead atoms. The molecule has 0 saturated carbocycles. The molecule has 0 aliphatic heterocycles. The minimum absolute atomic E-state index is 0.0370. The molecule has 0 aliphatic carbocycles. The number of ether oxygens (including phenoxy) is 1. The van der Waals surface area contributed by atoms with Crippen molar-refractivity contribution in [3.8, 4) is 5.75 Å². The van der Waals surface area contributed by atoms with Crippen LogP contribution in [0.5, 0.6) is 5.75 Å². The van der Waals surface area contributed by atoms with Crippen LogP contribution in [0.4, 0.5) is 0 Å². The van der Waals surface area contributed by atoms with Gasteiger partial charge in [-0.1, -0.05) is 53.5 Å². The Morgan fingerprint density at radius 1 is 1.00 bits per heavy atom. The van der Waals surface area contributed by atoms with Gasteiger partial charge in [-0.25, -0.2) is 8.42 Å². The lowest BCUT2D eigenvalue weighted by atomic mass is 10.1. The number of halogens is 2. The van der Waals surface area contributed by atoms with Gasteiger partial charge in [-0.3, -0.25) is 4.79 Å². The summed E-state index contributed by atoms with van der Waals surface area (Å²) in [6.07, 6.45) is 0. The van der Waals surface area contributed by atoms with Crippen molar-refractivity contribution < 1.29 is 17.9 Å². The van der Waals surface area contributed by atoms with Crippen LogP contribution in [-0.2, 0) is 21.4 Å². The zero-order valence-corrected chi connectivity index (χ0v) is 20.5. The maximum Gasteiger partial charge on any atom is 0.243 e. The number of amides is 1. The Bertz CT molecular complexity index is 1200. The van der Waals surface area contributed by atoms with E-state index in [0.29, 0.717) is 21.4 Å². The molecule has 33 heavy (non-hydrogen) atoms. The summed E-state index contributed by atoms with van der Waals surface area (Å²) in [5.41, 5.74) is 1.45. The van der Waals surface area contributed by atoms with Gasteiger partial charge in [0.2, 0.25) is 15.9 Å². The van der Waals surface area contributed by atoms with Crippen molar-refractivity contribution in [3.63, 3.8) is 0 Å². The first-order valence-corrected chi connectivity index (χ1v) is 12.3. The third-order valence-electron chi connectivity index (χ3n) is 5.07. The van der Waals surface area contributed by atoms with Crippen LogP contribution in [0.2, 0.25) is 10.0 Å². The molecular formula is C24H24Cl2N2O4S. The summed E-state index contributed by atoms with van der Waals surface area (Å²) < 4.78 is 33.0. The Morgan fingerprint density at radius 3 is 2.24 bits per heavy atom. The molecule has 0 fully saturated rings. The highest BCUT2D eigenvalue weighted by atomic mass is 35.5. The molecule has 1 atom stereocenters. The quantitative estimate of drug-likeness (QED) is 0.439. The molecule has 0 heterocycles. The monoisotopic (exact) mass is 506 g/mol. The van der Waals surface area contributed by atoms with E-state index in [-0.39, 0.29) is 24.0 Å². The molecule has 174 valence electrons. The summed E-state index contributed by atoms with van der Waals surface area (Å²) in [7, 11) is -2.42. The van der Waals surface area contributed by atoms with Crippen molar-refractivity contribution in [2.45, 2.75) is 24.4 Å². The first-order valence-electron chi connectivity index (χ1n) is 10.1. The van der Waals surface area contributed by atoms with Crippen molar-refractivity contribution >= 4 is 39.1 Å². The summed E-state index contributed by atoms with van der Waals surface area (Å²) in [5.74, 6) is 0.264. The smallest absolute Gasteiger partial charge is 0.243 e. The van der Waals surface area contributed by atoms with Gasteiger partial charge in [0.15, 0.2) is 0 Å². The number of benzene rings is 3. The molecule has 1 N–H and O–H groups in total. The van der Waals surface area contributed by atoms with E-state index in [1.54, 1.807) is 43.5 Å². The van der Waals surface area contributed by atoms with Gasteiger partial charge in [0.25, 0.3) is 0 Å². The van der Waals surface area contributed by atoms with Crippen LogP contribution < -0.4 is 10.1 Å². The second kappa shape index (κ2) is 11.0. The Balaban J connectivity index is 1.83. The second-order valence-electron chi connectivity index (χ2n) is 7.38. The van der Waals surface area contributed by atoms with Crippen LogP contribution in [0.3, 0.4) is 0 Å². The third-order valence-corrected chi connectivity index (χ3v) is 7.50. The van der Waals surface area contributed by atoms with Gasteiger partial charge in [-0.05, 0) is 60.5 Å². The maximum atomic E-state index is 13.4. The van der Waals surface area contributed by atoms with E-state index in [4.69, 9.17) is 27.9 Å². The normalized spacial score (nSPS) is 12.4. The zero-order valence-electron chi connectivity index (χ0n) is 18.2. The van der Waals surface area contributed by atoms with E-state index in [1.165, 1.54) is 24.3 Å². The summed E-state index contributed by atoms with van der Waals surface area (Å²) in [5, 5.41) is 3.69. The van der Waals surface area contributed by atoms with Gasteiger partial charge >= 0.3 is 0 Å². The van der Waals surface area contributed by atoms with Gasteiger partial charge in [0.1, 0.15) is 5.75 Å². The highest BCUT2D eigenvalue weighted by Gasteiger charge is 2.28. The number of hydrogen-bond acceptors (Lipinski definition) is 4. The Labute approximate surface area is 204 Å². The fourth-order valence-corrected chi connectivity index (χ4v) is 4.92. The average Bonchev–Trinajstić information content (AvgIpc) is 2.80. The predicted molar refractivity (Wildman–Crippen MR) is 130 cm³/mol. The van der Waals surface area contributed by atoms with Crippen molar-refractivity contribution in [2.75, 3.05) is 13.7 Å². The van der Waals surface area contributed by atoms with E-state index in [0.717, 1.165) is 9.87 Å². The molecular weight excluding hydrogens is 483 g/mol. The number of hydrogen-bond donors (Lipinski definition) is 1. The van der Waals surface area contributed by atoms with Crippen LogP contribution >= 0.6 is 23.2 Å². The molecule has 0 unspecified atom stereocenters. The molecule has 0 aliphatic rings. The predicted octanol–water partition coefficient (Wildman–Crippen LogP) is 5.07.